The second-order valence-electron chi connectivity index (χ2n) is 9.63. The van der Waals surface area contributed by atoms with Gasteiger partial charge in [0.05, 0.1) is 23.0 Å². The van der Waals surface area contributed by atoms with E-state index in [2.05, 4.69) is 6.07 Å². The van der Waals surface area contributed by atoms with E-state index in [1.54, 1.807) is 6.92 Å². The van der Waals surface area contributed by atoms with Crippen LogP contribution in [0, 0.1) is 52.3 Å². The molecule has 4 saturated carbocycles. The number of hydrogen-bond acceptors (Lipinski definition) is 2. The molecule has 4 aliphatic rings. The van der Waals surface area contributed by atoms with Crippen LogP contribution in [0.1, 0.15) is 65.2 Å². The molecule has 4 fully saturated rings. The highest BCUT2D eigenvalue weighted by Gasteiger charge is 2.69. The molecule has 0 heterocycles. The molecule has 24 heavy (non-hydrogen) atoms. The summed E-state index contributed by atoms with van der Waals surface area (Å²) in [7, 11) is 0. The van der Waals surface area contributed by atoms with Crippen molar-refractivity contribution in [2.45, 2.75) is 76.7 Å². The number of rotatable bonds is 0. The van der Waals surface area contributed by atoms with E-state index >= 15 is 8.78 Å². The summed E-state index contributed by atoms with van der Waals surface area (Å²) < 4.78 is 30.5. The van der Waals surface area contributed by atoms with Gasteiger partial charge in [0.15, 0.2) is 0 Å². The number of fused-ring (bicyclic) bond motifs is 5. The average molecular weight is 337 g/mol. The van der Waals surface area contributed by atoms with Crippen LogP contribution in [0.25, 0.3) is 0 Å². The molecule has 0 aromatic heterocycles. The Morgan fingerprint density at radius 3 is 2.42 bits per heavy atom. The average Bonchev–Trinajstić information content (AvgIpc) is 2.84. The number of aliphatic hydroxyl groups is 1. The standard InChI is InChI=1S/C20H29F2NO/c1-18(24)8-7-14-12(9-18)3-5-15-16(14)10-20(21,22)19(2)13(11-23)4-6-17(15)19/h12-17,24H,3-10H2,1-2H3/t12-,13?,14+,15-,16-,17+,18-,19-/m1/s1. The molecule has 1 N–H and O–H groups in total. The third kappa shape index (κ3) is 2.13. The van der Waals surface area contributed by atoms with Gasteiger partial charge in [0.2, 0.25) is 0 Å². The lowest BCUT2D eigenvalue weighted by molar-refractivity contribution is -0.224. The normalized spacial score (nSPS) is 55.8. The Kier molecular flexibility index (Phi) is 3.60. The maximum Gasteiger partial charge on any atom is 0.255 e. The van der Waals surface area contributed by atoms with Gasteiger partial charge in [0.1, 0.15) is 0 Å². The van der Waals surface area contributed by atoms with E-state index in [-0.39, 0.29) is 18.3 Å². The molecule has 0 aromatic carbocycles. The molecule has 0 aromatic rings. The predicted molar refractivity (Wildman–Crippen MR) is 87.2 cm³/mol. The summed E-state index contributed by atoms with van der Waals surface area (Å²) in [5.41, 5.74) is -1.74. The summed E-state index contributed by atoms with van der Waals surface area (Å²) in [5, 5.41) is 19.8. The van der Waals surface area contributed by atoms with Crippen molar-refractivity contribution in [1.82, 2.24) is 0 Å². The lowest BCUT2D eigenvalue weighted by atomic mass is 9.48. The fourth-order valence-corrected chi connectivity index (χ4v) is 7.26. The van der Waals surface area contributed by atoms with Gasteiger partial charge in [-0.3, -0.25) is 0 Å². The Morgan fingerprint density at radius 2 is 1.71 bits per heavy atom. The van der Waals surface area contributed by atoms with Gasteiger partial charge in [-0.05, 0) is 81.5 Å². The Bertz CT molecular complexity index is 568. The molecule has 2 nitrogen and oxygen atoms in total. The monoisotopic (exact) mass is 337 g/mol. The molecule has 0 bridgehead atoms. The zero-order valence-electron chi connectivity index (χ0n) is 14.8. The summed E-state index contributed by atoms with van der Waals surface area (Å²) in [4.78, 5) is 0. The number of alkyl halides is 2. The van der Waals surface area contributed by atoms with Crippen molar-refractivity contribution in [2.75, 3.05) is 0 Å². The smallest absolute Gasteiger partial charge is 0.255 e. The van der Waals surface area contributed by atoms with Gasteiger partial charge in [0.25, 0.3) is 5.92 Å². The number of hydrogen-bond donors (Lipinski definition) is 1. The fraction of sp³-hybridized carbons (Fsp3) is 0.950. The van der Waals surface area contributed by atoms with Crippen molar-refractivity contribution < 1.29 is 13.9 Å². The van der Waals surface area contributed by atoms with Crippen LogP contribution in [0.5, 0.6) is 0 Å². The van der Waals surface area contributed by atoms with Gasteiger partial charge in [-0.15, -0.1) is 0 Å². The zero-order valence-corrected chi connectivity index (χ0v) is 14.8. The molecular weight excluding hydrogens is 308 g/mol. The molecule has 0 aliphatic heterocycles. The second-order valence-corrected chi connectivity index (χ2v) is 9.63. The molecule has 4 rings (SSSR count). The lowest BCUT2D eigenvalue weighted by Gasteiger charge is -2.58. The van der Waals surface area contributed by atoms with Crippen molar-refractivity contribution in [2.24, 2.45) is 40.9 Å². The van der Waals surface area contributed by atoms with Crippen molar-refractivity contribution in [3.63, 3.8) is 0 Å². The fourth-order valence-electron chi connectivity index (χ4n) is 7.26. The number of halogens is 2. The first kappa shape index (κ1) is 16.8. The van der Waals surface area contributed by atoms with Crippen LogP contribution in [0.3, 0.4) is 0 Å². The molecule has 8 atom stereocenters. The van der Waals surface area contributed by atoms with E-state index in [1.165, 1.54) is 0 Å². The minimum atomic E-state index is -2.74. The van der Waals surface area contributed by atoms with Crippen LogP contribution in [0.15, 0.2) is 0 Å². The van der Waals surface area contributed by atoms with Gasteiger partial charge in [-0.2, -0.15) is 5.26 Å². The van der Waals surface area contributed by atoms with Gasteiger partial charge >= 0.3 is 0 Å². The molecule has 0 spiro atoms. The first-order valence-electron chi connectivity index (χ1n) is 9.69. The maximum atomic E-state index is 15.3. The van der Waals surface area contributed by atoms with E-state index in [4.69, 9.17) is 0 Å². The molecular formula is C20H29F2NO. The third-order valence-corrected chi connectivity index (χ3v) is 8.51. The molecule has 134 valence electrons. The molecule has 1 unspecified atom stereocenters. The third-order valence-electron chi connectivity index (χ3n) is 8.51. The summed E-state index contributed by atoms with van der Waals surface area (Å²) in [5.74, 6) is -2.04. The van der Waals surface area contributed by atoms with Crippen molar-refractivity contribution >= 4 is 0 Å². The first-order chi connectivity index (χ1) is 11.2. The summed E-state index contributed by atoms with van der Waals surface area (Å²) >= 11 is 0. The maximum absolute atomic E-state index is 15.3. The van der Waals surface area contributed by atoms with Crippen molar-refractivity contribution in [1.29, 1.82) is 5.26 Å². The minimum Gasteiger partial charge on any atom is -0.390 e. The van der Waals surface area contributed by atoms with Crippen LogP contribution in [-0.4, -0.2) is 16.6 Å². The highest BCUT2D eigenvalue weighted by Crippen LogP contribution is 2.68. The SMILES string of the molecule is C[C@@]1(O)CC[C@H]2[C@H](CC[C@@H]3[C@@H]2CC(F)(F)[C@]2(C)C(C#N)CC[C@@H]32)C1. The van der Waals surface area contributed by atoms with E-state index in [0.717, 1.165) is 38.5 Å². The van der Waals surface area contributed by atoms with Gasteiger partial charge in [-0.25, -0.2) is 8.78 Å². The van der Waals surface area contributed by atoms with E-state index in [0.29, 0.717) is 24.2 Å². The first-order valence-corrected chi connectivity index (χ1v) is 9.69. The topological polar surface area (TPSA) is 44.0 Å². The highest BCUT2D eigenvalue weighted by atomic mass is 19.3. The van der Waals surface area contributed by atoms with E-state index < -0.39 is 22.9 Å². The van der Waals surface area contributed by atoms with E-state index in [1.807, 2.05) is 6.92 Å². The van der Waals surface area contributed by atoms with Crippen LogP contribution < -0.4 is 0 Å². The second kappa shape index (κ2) is 5.16. The summed E-state index contributed by atoms with van der Waals surface area (Å²) in [6.45, 7) is 3.60. The predicted octanol–water partition coefficient (Wildman–Crippen LogP) is 4.77. The van der Waals surface area contributed by atoms with Crippen LogP contribution >= 0.6 is 0 Å². The van der Waals surface area contributed by atoms with Crippen molar-refractivity contribution in [3.05, 3.63) is 0 Å². The molecule has 4 aliphatic carbocycles. The largest absolute Gasteiger partial charge is 0.390 e. The molecule has 0 amide bonds. The van der Waals surface area contributed by atoms with E-state index in [9.17, 15) is 10.4 Å². The summed E-state index contributed by atoms with van der Waals surface area (Å²) in [6.07, 6.45) is 5.88. The lowest BCUT2D eigenvalue weighted by Crippen LogP contribution is -2.58. The molecule has 4 heteroatoms. The van der Waals surface area contributed by atoms with Gasteiger partial charge in [0, 0.05) is 6.42 Å². The zero-order chi connectivity index (χ0) is 17.3. The molecule has 0 saturated heterocycles. The highest BCUT2D eigenvalue weighted by molar-refractivity contribution is 5.16. The van der Waals surface area contributed by atoms with Crippen LogP contribution in [0.2, 0.25) is 0 Å². The number of nitriles is 1. The van der Waals surface area contributed by atoms with Crippen molar-refractivity contribution in [3.8, 4) is 6.07 Å². The Balaban J connectivity index is 1.65. The van der Waals surface area contributed by atoms with Gasteiger partial charge < -0.3 is 5.11 Å². The summed E-state index contributed by atoms with van der Waals surface area (Å²) in [6, 6.07) is 2.21. The Morgan fingerprint density at radius 1 is 0.958 bits per heavy atom. The van der Waals surface area contributed by atoms with Gasteiger partial charge in [-0.1, -0.05) is 6.92 Å². The number of nitrogens with zero attached hydrogens (tertiary/aromatic N) is 1. The Hall–Kier alpha value is -0.690. The quantitative estimate of drug-likeness (QED) is 0.691. The molecule has 0 radical (unpaired) electrons. The Labute approximate surface area is 143 Å². The minimum absolute atomic E-state index is 0.000660. The van der Waals surface area contributed by atoms with Crippen LogP contribution in [0.4, 0.5) is 8.78 Å². The van der Waals surface area contributed by atoms with Crippen LogP contribution in [-0.2, 0) is 0 Å².